The number of anilines is 1. The molecule has 1 aliphatic heterocycles. The molecule has 1 fully saturated rings. The van der Waals surface area contributed by atoms with Gasteiger partial charge in [0.1, 0.15) is 0 Å². The van der Waals surface area contributed by atoms with E-state index in [1.165, 1.54) is 19.3 Å². The van der Waals surface area contributed by atoms with Gasteiger partial charge in [0, 0.05) is 36.7 Å². The third kappa shape index (κ3) is 4.12. The van der Waals surface area contributed by atoms with E-state index in [0.29, 0.717) is 5.56 Å². The van der Waals surface area contributed by atoms with Gasteiger partial charge in [-0.25, -0.2) is 0 Å². The monoisotopic (exact) mass is 285 g/mol. The van der Waals surface area contributed by atoms with Gasteiger partial charge in [0.25, 0.3) is 0 Å². The summed E-state index contributed by atoms with van der Waals surface area (Å²) in [6.07, 6.45) is 7.53. The lowest BCUT2D eigenvalue weighted by molar-refractivity contribution is 0.0999. The van der Waals surface area contributed by atoms with Crippen LogP contribution in [0.25, 0.3) is 0 Å². The Labute approximate surface area is 126 Å². The number of aromatic amines is 1. The second-order valence-corrected chi connectivity index (χ2v) is 5.25. The number of hydrogen-bond donors (Lipinski definition) is 2. The molecule has 4 heteroatoms. The number of rotatable bonds is 2. The summed E-state index contributed by atoms with van der Waals surface area (Å²) in [7, 11) is 0. The molecule has 2 heterocycles. The summed E-state index contributed by atoms with van der Waals surface area (Å²) in [5.41, 5.74) is 8.17. The van der Waals surface area contributed by atoms with Crippen LogP contribution in [-0.4, -0.2) is 24.0 Å². The number of H-pyrrole nitrogens is 1. The minimum atomic E-state index is -0.337. The van der Waals surface area contributed by atoms with E-state index in [4.69, 9.17) is 5.73 Å². The van der Waals surface area contributed by atoms with Crippen LogP contribution >= 0.6 is 0 Å². The number of hydrogen-bond acceptors (Lipinski definition) is 2. The average molecular weight is 285 g/mol. The van der Waals surface area contributed by atoms with E-state index in [1.807, 2.05) is 37.5 Å². The molecule has 0 bridgehead atoms. The predicted molar refractivity (Wildman–Crippen MR) is 86.6 cm³/mol. The zero-order valence-electron chi connectivity index (χ0n) is 12.5. The van der Waals surface area contributed by atoms with Crippen LogP contribution in [0.1, 0.15) is 35.2 Å². The van der Waals surface area contributed by atoms with E-state index in [1.54, 1.807) is 6.07 Å². The van der Waals surface area contributed by atoms with Crippen LogP contribution in [-0.2, 0) is 0 Å². The zero-order valence-corrected chi connectivity index (χ0v) is 12.5. The highest BCUT2D eigenvalue weighted by Gasteiger charge is 2.15. The van der Waals surface area contributed by atoms with Gasteiger partial charge in [-0.05, 0) is 56.0 Å². The molecule has 0 spiro atoms. The van der Waals surface area contributed by atoms with Crippen molar-refractivity contribution in [3.8, 4) is 0 Å². The molecule has 1 aromatic carbocycles. The lowest BCUT2D eigenvalue weighted by atomic mass is 10.0. The van der Waals surface area contributed by atoms with Crippen LogP contribution in [0.2, 0.25) is 0 Å². The second-order valence-electron chi connectivity index (χ2n) is 5.25. The van der Waals surface area contributed by atoms with Crippen molar-refractivity contribution in [1.29, 1.82) is 0 Å². The van der Waals surface area contributed by atoms with Crippen molar-refractivity contribution in [3.63, 3.8) is 0 Å². The van der Waals surface area contributed by atoms with Gasteiger partial charge in [-0.2, -0.15) is 0 Å². The quantitative estimate of drug-likeness (QED) is 0.890. The predicted octanol–water partition coefficient (Wildman–Crippen LogP) is 3.10. The highest BCUT2D eigenvalue weighted by Crippen LogP contribution is 2.25. The summed E-state index contributed by atoms with van der Waals surface area (Å²) in [6.45, 7) is 4.15. The van der Waals surface area contributed by atoms with Gasteiger partial charge in [-0.3, -0.25) is 4.79 Å². The van der Waals surface area contributed by atoms with E-state index >= 15 is 0 Å². The van der Waals surface area contributed by atoms with E-state index in [9.17, 15) is 4.79 Å². The second kappa shape index (κ2) is 7.53. The Kier molecular flexibility index (Phi) is 5.43. The van der Waals surface area contributed by atoms with Gasteiger partial charge in [0.15, 0.2) is 0 Å². The number of nitrogens with zero attached hydrogens (tertiary/aromatic N) is 1. The summed E-state index contributed by atoms with van der Waals surface area (Å²) in [5.74, 6) is -0.337. The summed E-state index contributed by atoms with van der Waals surface area (Å²) in [5, 5.41) is 0. The third-order valence-electron chi connectivity index (χ3n) is 3.76. The van der Waals surface area contributed by atoms with Gasteiger partial charge in [-0.15, -0.1) is 0 Å². The fraction of sp³-hybridized carbons (Fsp3) is 0.353. The first-order valence-electron chi connectivity index (χ1n) is 7.42. The standard InChI is InChI=1S/C13H18N2O.C4H5N/c1-10-11(13(14)16)6-5-7-12(10)15-8-3-2-4-9-15;1-2-4-5-3-1/h5-7H,2-4,8-9H2,1H3,(H2,14,16);1-5H. The SMILES string of the molecule is Cc1c(C(N)=O)cccc1N1CCCCC1.c1cc[nH]c1. The molecule has 4 nitrogen and oxygen atoms in total. The maximum atomic E-state index is 11.3. The number of aromatic nitrogens is 1. The molecule has 0 saturated carbocycles. The number of primary amides is 1. The molecule has 1 saturated heterocycles. The Morgan fingerprint density at radius 2 is 1.76 bits per heavy atom. The molecular formula is C17H23N3O. The number of nitrogens with one attached hydrogen (secondary N) is 1. The molecule has 112 valence electrons. The summed E-state index contributed by atoms with van der Waals surface area (Å²) in [4.78, 5) is 16.5. The van der Waals surface area contributed by atoms with Crippen LogP contribution < -0.4 is 10.6 Å². The summed E-state index contributed by atoms with van der Waals surface area (Å²) in [6, 6.07) is 9.68. The fourth-order valence-electron chi connectivity index (χ4n) is 2.65. The van der Waals surface area contributed by atoms with Gasteiger partial charge in [0.2, 0.25) is 5.91 Å². The molecule has 21 heavy (non-hydrogen) atoms. The van der Waals surface area contributed by atoms with E-state index < -0.39 is 0 Å². The summed E-state index contributed by atoms with van der Waals surface area (Å²) < 4.78 is 0. The normalized spacial score (nSPS) is 14.2. The molecule has 1 aromatic heterocycles. The Balaban J connectivity index is 0.000000272. The van der Waals surface area contributed by atoms with E-state index in [-0.39, 0.29) is 5.91 Å². The Morgan fingerprint density at radius 3 is 2.29 bits per heavy atom. The van der Waals surface area contributed by atoms with Crippen LogP contribution in [0, 0.1) is 6.92 Å². The van der Waals surface area contributed by atoms with Crippen LogP contribution in [0.3, 0.4) is 0 Å². The van der Waals surface area contributed by atoms with Crippen molar-refractivity contribution in [3.05, 3.63) is 53.9 Å². The van der Waals surface area contributed by atoms with Crippen molar-refractivity contribution in [2.75, 3.05) is 18.0 Å². The first-order valence-corrected chi connectivity index (χ1v) is 7.42. The first-order chi connectivity index (χ1) is 10.2. The molecule has 0 unspecified atom stereocenters. The maximum Gasteiger partial charge on any atom is 0.249 e. The Hall–Kier alpha value is -2.23. The van der Waals surface area contributed by atoms with Crippen LogP contribution in [0.15, 0.2) is 42.7 Å². The highest BCUT2D eigenvalue weighted by molar-refractivity contribution is 5.95. The smallest absolute Gasteiger partial charge is 0.249 e. The van der Waals surface area contributed by atoms with Gasteiger partial charge in [0.05, 0.1) is 0 Å². The molecule has 0 atom stereocenters. The average Bonchev–Trinajstić information content (AvgIpc) is 3.07. The molecule has 0 radical (unpaired) electrons. The van der Waals surface area contributed by atoms with E-state index in [0.717, 1.165) is 24.3 Å². The zero-order chi connectivity index (χ0) is 15.1. The number of carbonyl (C=O) groups excluding carboxylic acids is 1. The molecule has 2 aromatic rings. The van der Waals surface area contributed by atoms with E-state index in [2.05, 4.69) is 16.0 Å². The molecule has 1 aliphatic rings. The van der Waals surface area contributed by atoms with Gasteiger partial charge < -0.3 is 15.6 Å². The van der Waals surface area contributed by atoms with Crippen LogP contribution in [0.4, 0.5) is 5.69 Å². The Bertz CT molecular complexity index is 540. The molecule has 0 aliphatic carbocycles. The number of carbonyl (C=O) groups is 1. The third-order valence-corrected chi connectivity index (χ3v) is 3.76. The topological polar surface area (TPSA) is 62.1 Å². The molecule has 3 rings (SSSR count). The Morgan fingerprint density at radius 1 is 1.10 bits per heavy atom. The van der Waals surface area contributed by atoms with Crippen LogP contribution in [0.5, 0.6) is 0 Å². The van der Waals surface area contributed by atoms with Crippen molar-refractivity contribution in [2.24, 2.45) is 5.73 Å². The maximum absolute atomic E-state index is 11.3. The molecule has 3 N–H and O–H groups in total. The van der Waals surface area contributed by atoms with Gasteiger partial charge in [-0.1, -0.05) is 6.07 Å². The van der Waals surface area contributed by atoms with Crippen molar-refractivity contribution in [1.82, 2.24) is 4.98 Å². The minimum Gasteiger partial charge on any atom is -0.371 e. The molecule has 1 amide bonds. The van der Waals surface area contributed by atoms with Gasteiger partial charge >= 0.3 is 0 Å². The van der Waals surface area contributed by atoms with Crippen molar-refractivity contribution >= 4 is 11.6 Å². The van der Waals surface area contributed by atoms with Crippen molar-refractivity contribution < 1.29 is 4.79 Å². The molecular weight excluding hydrogens is 262 g/mol. The highest BCUT2D eigenvalue weighted by atomic mass is 16.1. The number of piperidine rings is 1. The largest absolute Gasteiger partial charge is 0.371 e. The van der Waals surface area contributed by atoms with Crippen molar-refractivity contribution in [2.45, 2.75) is 26.2 Å². The minimum absolute atomic E-state index is 0.337. The number of nitrogens with two attached hydrogens (primary N) is 1. The lowest BCUT2D eigenvalue weighted by Gasteiger charge is -2.30. The first kappa shape index (κ1) is 15.2. The number of amides is 1. The lowest BCUT2D eigenvalue weighted by Crippen LogP contribution is -2.30. The number of benzene rings is 1. The summed E-state index contributed by atoms with van der Waals surface area (Å²) >= 11 is 0. The fourth-order valence-corrected chi connectivity index (χ4v) is 2.65.